The van der Waals surface area contributed by atoms with E-state index in [-0.39, 0.29) is 5.91 Å². The van der Waals surface area contributed by atoms with Gasteiger partial charge in [0.05, 0.1) is 6.61 Å². The fourth-order valence-electron chi connectivity index (χ4n) is 2.85. The van der Waals surface area contributed by atoms with Gasteiger partial charge in [-0.25, -0.2) is 0 Å². The van der Waals surface area contributed by atoms with Crippen LogP contribution in [0.3, 0.4) is 0 Å². The van der Waals surface area contributed by atoms with Gasteiger partial charge in [-0.05, 0) is 43.8 Å². The molecular formula is C15H16N2O2. The fraction of sp³-hybridized carbons (Fsp3) is 0.467. The van der Waals surface area contributed by atoms with Crippen molar-refractivity contribution in [3.05, 3.63) is 36.3 Å². The maximum Gasteiger partial charge on any atom is 0.274 e. The standard InChI is InChI=1S/C15H16N2O2/c18-14-15(7-1-2-8-15)17-9-3-4-12(13(17)16-14)19-10-11-5-6-11/h1-4,9,11H,5-8,10H2. The van der Waals surface area contributed by atoms with Gasteiger partial charge in [-0.2, -0.15) is 4.99 Å². The van der Waals surface area contributed by atoms with Gasteiger partial charge in [0, 0.05) is 6.20 Å². The van der Waals surface area contributed by atoms with Crippen LogP contribution in [-0.2, 0) is 9.53 Å². The molecule has 0 N–H and O–H groups in total. The van der Waals surface area contributed by atoms with Crippen LogP contribution in [0.4, 0.5) is 0 Å². The summed E-state index contributed by atoms with van der Waals surface area (Å²) in [5.74, 6) is 2.09. The molecule has 1 saturated carbocycles. The highest BCUT2D eigenvalue weighted by Crippen LogP contribution is 2.39. The largest absolute Gasteiger partial charge is 0.489 e. The summed E-state index contributed by atoms with van der Waals surface area (Å²) in [5, 5.41) is 0. The Morgan fingerprint density at radius 2 is 2.16 bits per heavy atom. The molecule has 0 aromatic rings. The number of carbonyl (C=O) groups excluding carboxylic acids is 1. The summed E-state index contributed by atoms with van der Waals surface area (Å²) in [6, 6.07) is 0. The van der Waals surface area contributed by atoms with Crippen molar-refractivity contribution < 1.29 is 9.53 Å². The van der Waals surface area contributed by atoms with Gasteiger partial charge in [0.1, 0.15) is 5.54 Å². The average Bonchev–Trinajstić information content (AvgIpc) is 3.04. The highest BCUT2D eigenvalue weighted by atomic mass is 16.5. The van der Waals surface area contributed by atoms with Crippen molar-refractivity contribution in [2.75, 3.05) is 6.61 Å². The first-order valence-electron chi connectivity index (χ1n) is 6.89. The minimum absolute atomic E-state index is 0.0417. The molecular weight excluding hydrogens is 240 g/mol. The summed E-state index contributed by atoms with van der Waals surface area (Å²) in [6.45, 7) is 0.742. The quantitative estimate of drug-likeness (QED) is 0.727. The lowest BCUT2D eigenvalue weighted by atomic mass is 9.94. The normalized spacial score (nSPS) is 26.7. The van der Waals surface area contributed by atoms with Gasteiger partial charge in [0.2, 0.25) is 0 Å². The van der Waals surface area contributed by atoms with Crippen molar-refractivity contribution >= 4 is 11.7 Å². The Bertz CT molecular complexity index is 544. The van der Waals surface area contributed by atoms with E-state index in [1.54, 1.807) is 0 Å². The molecule has 4 heteroatoms. The van der Waals surface area contributed by atoms with E-state index in [2.05, 4.69) is 17.1 Å². The molecule has 0 saturated heterocycles. The lowest BCUT2D eigenvalue weighted by Crippen LogP contribution is -2.47. The van der Waals surface area contributed by atoms with Crippen molar-refractivity contribution in [2.45, 2.75) is 31.2 Å². The number of nitrogens with zero attached hydrogens (tertiary/aromatic N) is 2. The number of allylic oxidation sites excluding steroid dienone is 2. The molecule has 2 heterocycles. The first-order valence-corrected chi connectivity index (χ1v) is 6.89. The van der Waals surface area contributed by atoms with E-state index in [1.807, 2.05) is 23.3 Å². The highest BCUT2D eigenvalue weighted by Gasteiger charge is 2.51. The first kappa shape index (κ1) is 11.0. The number of amidine groups is 1. The van der Waals surface area contributed by atoms with E-state index in [1.165, 1.54) is 12.8 Å². The lowest BCUT2D eigenvalue weighted by Gasteiger charge is -2.34. The van der Waals surface area contributed by atoms with E-state index < -0.39 is 5.54 Å². The Balaban J connectivity index is 1.60. The zero-order valence-corrected chi connectivity index (χ0v) is 10.7. The molecule has 0 aromatic heterocycles. The Morgan fingerprint density at radius 3 is 2.89 bits per heavy atom. The van der Waals surface area contributed by atoms with Gasteiger partial charge in [-0.1, -0.05) is 12.2 Å². The minimum Gasteiger partial charge on any atom is -0.489 e. The molecule has 19 heavy (non-hydrogen) atoms. The third-order valence-corrected chi connectivity index (χ3v) is 4.25. The number of ether oxygens (including phenoxy) is 1. The average molecular weight is 256 g/mol. The summed E-state index contributed by atoms with van der Waals surface area (Å²) in [7, 11) is 0. The monoisotopic (exact) mass is 256 g/mol. The van der Waals surface area contributed by atoms with Gasteiger partial charge in [-0.15, -0.1) is 0 Å². The summed E-state index contributed by atoms with van der Waals surface area (Å²) in [5.41, 5.74) is -0.506. The van der Waals surface area contributed by atoms with Gasteiger partial charge in [0.25, 0.3) is 5.91 Å². The maximum atomic E-state index is 12.3. The molecule has 0 radical (unpaired) electrons. The second kappa shape index (κ2) is 3.83. The van der Waals surface area contributed by atoms with Gasteiger partial charge < -0.3 is 9.64 Å². The molecule has 1 spiro atoms. The first-order chi connectivity index (χ1) is 9.29. The Morgan fingerprint density at radius 1 is 1.37 bits per heavy atom. The Hall–Kier alpha value is -1.84. The number of rotatable bonds is 3. The van der Waals surface area contributed by atoms with Crippen LogP contribution in [0.5, 0.6) is 0 Å². The summed E-state index contributed by atoms with van der Waals surface area (Å²) >= 11 is 0. The maximum absolute atomic E-state index is 12.3. The lowest BCUT2D eigenvalue weighted by molar-refractivity contribution is -0.124. The third kappa shape index (κ3) is 1.59. The van der Waals surface area contributed by atoms with Gasteiger partial charge >= 0.3 is 0 Å². The number of amides is 1. The van der Waals surface area contributed by atoms with Crippen molar-refractivity contribution in [1.82, 2.24) is 4.90 Å². The molecule has 0 aromatic carbocycles. The number of aliphatic imine (C=N–C) groups is 1. The van der Waals surface area contributed by atoms with Gasteiger partial charge in [0.15, 0.2) is 11.6 Å². The minimum atomic E-state index is -0.506. The topological polar surface area (TPSA) is 41.9 Å². The summed E-state index contributed by atoms with van der Waals surface area (Å²) < 4.78 is 5.84. The summed E-state index contributed by atoms with van der Waals surface area (Å²) in [6.07, 6.45) is 13.9. The predicted molar refractivity (Wildman–Crippen MR) is 71.3 cm³/mol. The molecule has 0 unspecified atom stereocenters. The van der Waals surface area contributed by atoms with Crippen molar-refractivity contribution in [2.24, 2.45) is 10.9 Å². The number of fused-ring (bicyclic) bond motifs is 2. The van der Waals surface area contributed by atoms with Crippen molar-refractivity contribution in [3.63, 3.8) is 0 Å². The molecule has 1 amide bonds. The van der Waals surface area contributed by atoms with Gasteiger partial charge in [-0.3, -0.25) is 4.79 Å². The number of hydrogen-bond donors (Lipinski definition) is 0. The number of hydrogen-bond acceptors (Lipinski definition) is 3. The second-order valence-corrected chi connectivity index (χ2v) is 5.65. The zero-order valence-electron chi connectivity index (χ0n) is 10.7. The van der Waals surface area contributed by atoms with E-state index in [0.717, 1.165) is 25.2 Å². The fourth-order valence-corrected chi connectivity index (χ4v) is 2.85. The van der Waals surface area contributed by atoms with Crippen molar-refractivity contribution in [3.8, 4) is 0 Å². The number of carbonyl (C=O) groups is 1. The Labute approximate surface area is 112 Å². The summed E-state index contributed by atoms with van der Waals surface area (Å²) in [4.78, 5) is 18.5. The zero-order chi connectivity index (χ0) is 12.9. The molecule has 4 rings (SSSR count). The predicted octanol–water partition coefficient (Wildman–Crippen LogP) is 2.15. The molecule has 4 aliphatic rings. The SMILES string of the molecule is O=C1N=C2C(OCC3CC3)=CC=CN2C12CC=CC2. The van der Waals surface area contributed by atoms with E-state index >= 15 is 0 Å². The highest BCUT2D eigenvalue weighted by molar-refractivity contribution is 6.14. The van der Waals surface area contributed by atoms with Crippen LogP contribution >= 0.6 is 0 Å². The van der Waals surface area contributed by atoms with Crippen LogP contribution in [0.15, 0.2) is 41.3 Å². The van der Waals surface area contributed by atoms with Crippen LogP contribution in [0.25, 0.3) is 0 Å². The third-order valence-electron chi connectivity index (χ3n) is 4.25. The van der Waals surface area contributed by atoms with Crippen LogP contribution in [0, 0.1) is 5.92 Å². The molecule has 2 aliphatic carbocycles. The smallest absolute Gasteiger partial charge is 0.274 e. The molecule has 1 fully saturated rings. The Kier molecular flexibility index (Phi) is 2.22. The molecule has 98 valence electrons. The van der Waals surface area contributed by atoms with Crippen molar-refractivity contribution in [1.29, 1.82) is 0 Å². The molecule has 4 nitrogen and oxygen atoms in total. The van der Waals surface area contributed by atoms with Crippen LogP contribution in [0.1, 0.15) is 25.7 Å². The molecule has 0 bridgehead atoms. The molecule has 0 atom stereocenters. The van der Waals surface area contributed by atoms with Crippen LogP contribution < -0.4 is 0 Å². The molecule has 2 aliphatic heterocycles. The second-order valence-electron chi connectivity index (χ2n) is 5.65. The van der Waals surface area contributed by atoms with E-state index in [9.17, 15) is 4.79 Å². The van der Waals surface area contributed by atoms with E-state index in [0.29, 0.717) is 11.8 Å². The van der Waals surface area contributed by atoms with E-state index in [4.69, 9.17) is 4.74 Å². The van der Waals surface area contributed by atoms with Crippen LogP contribution in [0.2, 0.25) is 0 Å². The van der Waals surface area contributed by atoms with Crippen LogP contribution in [-0.4, -0.2) is 28.8 Å².